The van der Waals surface area contributed by atoms with Crippen molar-refractivity contribution in [2.45, 2.75) is 0 Å². The van der Waals surface area contributed by atoms with Crippen molar-refractivity contribution in [3.05, 3.63) is 83.8 Å². The Morgan fingerprint density at radius 3 is 2.66 bits per heavy atom. The van der Waals surface area contributed by atoms with Crippen LogP contribution < -0.4 is 20.6 Å². The van der Waals surface area contributed by atoms with Crippen LogP contribution in [-0.2, 0) is 0 Å². The number of hydrazine groups is 1. The van der Waals surface area contributed by atoms with Crippen LogP contribution in [0.15, 0.2) is 60.8 Å². The van der Waals surface area contributed by atoms with Gasteiger partial charge in [0.15, 0.2) is 11.6 Å². The monoisotopic (exact) mass is 479 g/mol. The smallest absolute Gasteiger partial charge is 0.489 e. The maximum Gasteiger partial charge on any atom is 0.490 e. The van der Waals surface area contributed by atoms with Crippen molar-refractivity contribution in [2.75, 3.05) is 18.2 Å². The number of rotatable bonds is 4. The molecule has 0 atom stereocenters. The van der Waals surface area contributed by atoms with Crippen LogP contribution in [0.3, 0.4) is 0 Å². The zero-order chi connectivity index (χ0) is 24.7. The van der Waals surface area contributed by atoms with Gasteiger partial charge in [-0.1, -0.05) is 30.3 Å². The molecule has 0 aliphatic carbocycles. The summed E-state index contributed by atoms with van der Waals surface area (Å²) in [7, 11) is -2.09. The van der Waals surface area contributed by atoms with Gasteiger partial charge in [0.05, 0.1) is 23.3 Å². The molecule has 7 nitrogen and oxygen atoms in total. The molecule has 1 aromatic heterocycles. The molecule has 5 rings (SSSR count). The van der Waals surface area contributed by atoms with Crippen LogP contribution in [0.2, 0.25) is 0 Å². The fraction of sp³-hybridized carbons (Fsp3) is 0.0833. The highest BCUT2D eigenvalue weighted by atomic mass is 19.2. The van der Waals surface area contributed by atoms with Crippen LogP contribution >= 0.6 is 0 Å². The molecule has 4 aromatic rings. The molecule has 2 heterocycles. The van der Waals surface area contributed by atoms with Crippen LogP contribution in [0.25, 0.3) is 22.0 Å². The highest BCUT2D eigenvalue weighted by Crippen LogP contribution is 2.32. The van der Waals surface area contributed by atoms with Crippen molar-refractivity contribution >= 4 is 35.1 Å². The zero-order valence-corrected chi connectivity index (χ0v) is 18.0. The van der Waals surface area contributed by atoms with Crippen LogP contribution in [0, 0.1) is 17.5 Å². The molecule has 0 bridgehead atoms. The molecule has 0 saturated carbocycles. The largest absolute Gasteiger partial charge is 0.490 e. The second kappa shape index (κ2) is 8.93. The van der Waals surface area contributed by atoms with Crippen molar-refractivity contribution in [1.82, 2.24) is 10.4 Å². The maximum atomic E-state index is 14.5. The number of nitrogens with one attached hydrogen (secondary N) is 1. The number of carbonyl (C=O) groups excluding carboxylic acids is 1. The zero-order valence-electron chi connectivity index (χ0n) is 18.0. The SMILES string of the molecule is O=C(NN1CCOc2ccccc21)c1cnc2c(-c3cc(F)cc(F)c3F)cccc2c1B(O)O. The number of aromatic nitrogens is 1. The Morgan fingerprint density at radius 2 is 1.86 bits per heavy atom. The Balaban J connectivity index is 1.60. The summed E-state index contributed by atoms with van der Waals surface area (Å²) in [4.78, 5) is 17.4. The molecule has 0 spiro atoms. The summed E-state index contributed by atoms with van der Waals surface area (Å²) in [6, 6.07) is 12.6. The van der Waals surface area contributed by atoms with Gasteiger partial charge in [-0.3, -0.25) is 20.2 Å². The van der Waals surface area contributed by atoms with E-state index in [1.54, 1.807) is 29.3 Å². The van der Waals surface area contributed by atoms with E-state index in [1.807, 2.05) is 0 Å². The van der Waals surface area contributed by atoms with Gasteiger partial charge >= 0.3 is 7.12 Å². The maximum absolute atomic E-state index is 14.5. The van der Waals surface area contributed by atoms with E-state index in [9.17, 15) is 28.0 Å². The van der Waals surface area contributed by atoms with E-state index in [4.69, 9.17) is 4.74 Å². The molecule has 3 aromatic carbocycles. The molecule has 0 unspecified atom stereocenters. The molecule has 1 aliphatic rings. The highest BCUT2D eigenvalue weighted by molar-refractivity contribution is 6.63. The third kappa shape index (κ3) is 4.04. The Morgan fingerprint density at radius 1 is 1.06 bits per heavy atom. The number of hydrogen-bond donors (Lipinski definition) is 3. The number of benzene rings is 3. The first-order valence-corrected chi connectivity index (χ1v) is 10.6. The number of fused-ring (bicyclic) bond motifs is 2. The van der Waals surface area contributed by atoms with Crippen LogP contribution in [0.5, 0.6) is 5.75 Å². The van der Waals surface area contributed by atoms with Crippen molar-refractivity contribution in [3.63, 3.8) is 0 Å². The minimum absolute atomic E-state index is 0.0226. The van der Waals surface area contributed by atoms with E-state index >= 15 is 0 Å². The number of halogens is 3. The van der Waals surface area contributed by atoms with Gasteiger partial charge in [0.2, 0.25) is 0 Å². The summed E-state index contributed by atoms with van der Waals surface area (Å²) in [5.74, 6) is -3.74. The molecule has 176 valence electrons. The van der Waals surface area contributed by atoms with Crippen molar-refractivity contribution in [1.29, 1.82) is 0 Å². The summed E-state index contributed by atoms with van der Waals surface area (Å²) >= 11 is 0. The first-order chi connectivity index (χ1) is 16.8. The molecule has 0 fully saturated rings. The van der Waals surface area contributed by atoms with Crippen molar-refractivity contribution in [2.24, 2.45) is 0 Å². The Bertz CT molecular complexity index is 1470. The van der Waals surface area contributed by atoms with Gasteiger partial charge in [0.25, 0.3) is 5.91 Å². The topological polar surface area (TPSA) is 94.9 Å². The lowest BCUT2D eigenvalue weighted by Crippen LogP contribution is -2.49. The van der Waals surface area contributed by atoms with E-state index in [0.717, 1.165) is 12.3 Å². The van der Waals surface area contributed by atoms with E-state index in [-0.39, 0.29) is 33.1 Å². The summed E-state index contributed by atoms with van der Waals surface area (Å²) < 4.78 is 47.7. The normalized spacial score (nSPS) is 12.8. The Hall–Kier alpha value is -4.09. The number of para-hydroxylation sites is 3. The minimum Gasteiger partial charge on any atom is -0.489 e. The quantitative estimate of drug-likeness (QED) is 0.308. The molecule has 1 aliphatic heterocycles. The van der Waals surface area contributed by atoms with E-state index < -0.39 is 30.5 Å². The highest BCUT2D eigenvalue weighted by Gasteiger charge is 2.28. The number of carbonyl (C=O) groups is 1. The van der Waals surface area contributed by atoms with Crippen LogP contribution in [0.4, 0.5) is 18.9 Å². The summed E-state index contributed by atoms with van der Waals surface area (Å²) in [6.45, 7) is 0.664. The van der Waals surface area contributed by atoms with Gasteiger partial charge in [-0.25, -0.2) is 13.2 Å². The van der Waals surface area contributed by atoms with Gasteiger partial charge in [-0.15, -0.1) is 0 Å². The average molecular weight is 479 g/mol. The summed E-state index contributed by atoms with van der Waals surface area (Å²) in [5, 5.41) is 22.0. The number of amides is 1. The van der Waals surface area contributed by atoms with E-state index in [0.29, 0.717) is 30.7 Å². The van der Waals surface area contributed by atoms with Gasteiger partial charge < -0.3 is 14.8 Å². The minimum atomic E-state index is -2.09. The van der Waals surface area contributed by atoms with Gasteiger partial charge in [0, 0.05) is 34.2 Å². The standard InChI is InChI=1S/C24H17BF3N3O4/c26-13-10-16(22(28)18(27)11-13)14-4-3-5-15-21(25(33)34)17(12-29-23(14)15)24(32)30-31-8-9-35-20-7-2-1-6-19(20)31/h1-7,10-12,33-34H,8-9H2,(H,30,32). The lowest BCUT2D eigenvalue weighted by molar-refractivity contribution is 0.0945. The number of hydrogen-bond acceptors (Lipinski definition) is 6. The lowest BCUT2D eigenvalue weighted by Gasteiger charge is -2.31. The average Bonchev–Trinajstić information content (AvgIpc) is 2.85. The van der Waals surface area contributed by atoms with E-state index in [1.165, 1.54) is 18.2 Å². The second-order valence-corrected chi connectivity index (χ2v) is 7.82. The number of anilines is 1. The first kappa shape index (κ1) is 22.7. The Kier molecular flexibility index (Phi) is 5.79. The second-order valence-electron chi connectivity index (χ2n) is 7.82. The molecular weight excluding hydrogens is 462 g/mol. The predicted octanol–water partition coefficient (Wildman–Crippen LogP) is 2.54. The van der Waals surface area contributed by atoms with Crippen LogP contribution in [-0.4, -0.2) is 41.2 Å². The van der Waals surface area contributed by atoms with Crippen LogP contribution in [0.1, 0.15) is 10.4 Å². The molecule has 0 radical (unpaired) electrons. The first-order valence-electron chi connectivity index (χ1n) is 10.6. The molecule has 11 heteroatoms. The summed E-state index contributed by atoms with van der Waals surface area (Å²) in [6.07, 6.45) is 1.11. The molecule has 35 heavy (non-hydrogen) atoms. The third-order valence-electron chi connectivity index (χ3n) is 5.69. The van der Waals surface area contributed by atoms with E-state index in [2.05, 4.69) is 10.4 Å². The number of pyridine rings is 1. The number of ether oxygens (including phenoxy) is 1. The lowest BCUT2D eigenvalue weighted by atomic mass is 9.74. The molecular formula is C24H17BF3N3O4. The molecule has 0 saturated heterocycles. The van der Waals surface area contributed by atoms with Crippen molar-refractivity contribution < 1.29 is 32.8 Å². The van der Waals surface area contributed by atoms with Crippen molar-refractivity contribution in [3.8, 4) is 16.9 Å². The molecule has 1 amide bonds. The Labute approximate surface area is 197 Å². The third-order valence-corrected chi connectivity index (χ3v) is 5.69. The van der Waals surface area contributed by atoms with Gasteiger partial charge in [-0.05, 0) is 18.2 Å². The summed E-state index contributed by atoms with van der Waals surface area (Å²) in [5.41, 5.74) is 2.68. The predicted molar refractivity (Wildman–Crippen MR) is 124 cm³/mol. The number of nitrogens with zero attached hydrogens (tertiary/aromatic N) is 2. The molecule has 3 N–H and O–H groups in total. The fourth-order valence-electron chi connectivity index (χ4n) is 4.14. The fourth-order valence-corrected chi connectivity index (χ4v) is 4.14. The van der Waals surface area contributed by atoms with Gasteiger partial charge in [0.1, 0.15) is 18.2 Å². The van der Waals surface area contributed by atoms with Gasteiger partial charge in [-0.2, -0.15) is 0 Å².